The molecule has 100 valence electrons. The van der Waals surface area contributed by atoms with Crippen LogP contribution in [0.1, 0.15) is 37.5 Å². The van der Waals surface area contributed by atoms with Gasteiger partial charge in [0.05, 0.1) is 6.61 Å². The molecule has 0 spiro atoms. The van der Waals surface area contributed by atoms with Crippen LogP contribution in [-0.4, -0.2) is 31.7 Å². The summed E-state index contributed by atoms with van der Waals surface area (Å²) in [7, 11) is 1.77. The Morgan fingerprint density at radius 3 is 2.67 bits per heavy atom. The Morgan fingerprint density at radius 1 is 1.22 bits per heavy atom. The number of nitrogens with zero attached hydrogens (tertiary/aromatic N) is 1. The second-order valence-corrected chi connectivity index (χ2v) is 6.25. The van der Waals surface area contributed by atoms with Gasteiger partial charge < -0.3 is 4.74 Å². The van der Waals surface area contributed by atoms with Crippen LogP contribution in [0.5, 0.6) is 0 Å². The second kappa shape index (κ2) is 5.41. The average molecular weight is 247 g/mol. The minimum atomic E-state index is 0.240. The topological polar surface area (TPSA) is 12.5 Å². The first kappa shape index (κ1) is 13.6. The molecule has 0 bridgehead atoms. The van der Waals surface area contributed by atoms with Gasteiger partial charge in [0.2, 0.25) is 0 Å². The van der Waals surface area contributed by atoms with Crippen LogP contribution in [0.25, 0.3) is 0 Å². The molecule has 1 aliphatic heterocycles. The van der Waals surface area contributed by atoms with Gasteiger partial charge in [0.15, 0.2) is 0 Å². The van der Waals surface area contributed by atoms with Gasteiger partial charge in [-0.05, 0) is 28.5 Å². The van der Waals surface area contributed by atoms with Gasteiger partial charge in [0.25, 0.3) is 0 Å². The van der Waals surface area contributed by atoms with E-state index in [-0.39, 0.29) is 5.41 Å². The predicted molar refractivity (Wildman–Crippen MR) is 76.0 cm³/mol. The van der Waals surface area contributed by atoms with Crippen molar-refractivity contribution in [2.24, 2.45) is 0 Å². The number of methoxy groups -OCH3 is 1. The average Bonchev–Trinajstić information content (AvgIpc) is 2.34. The van der Waals surface area contributed by atoms with E-state index < -0.39 is 0 Å². The quantitative estimate of drug-likeness (QED) is 0.814. The maximum atomic E-state index is 5.17. The molecule has 0 fully saturated rings. The summed E-state index contributed by atoms with van der Waals surface area (Å²) in [6.07, 6.45) is 1.17. The highest BCUT2D eigenvalue weighted by atomic mass is 16.5. The van der Waals surface area contributed by atoms with Crippen molar-refractivity contribution in [1.82, 2.24) is 4.90 Å². The van der Waals surface area contributed by atoms with Crippen molar-refractivity contribution < 1.29 is 4.74 Å². The van der Waals surface area contributed by atoms with Crippen LogP contribution >= 0.6 is 0 Å². The third kappa shape index (κ3) is 3.12. The molecule has 0 aromatic heterocycles. The van der Waals surface area contributed by atoms with Crippen LogP contribution in [-0.2, 0) is 23.1 Å². The summed E-state index contributed by atoms with van der Waals surface area (Å²) in [6.45, 7) is 10.9. The molecule has 0 saturated heterocycles. The molecular weight excluding hydrogens is 222 g/mol. The smallest absolute Gasteiger partial charge is 0.0589 e. The Balaban J connectivity index is 2.14. The van der Waals surface area contributed by atoms with Crippen molar-refractivity contribution in [3.8, 4) is 0 Å². The molecule has 0 saturated carbocycles. The lowest BCUT2D eigenvalue weighted by Gasteiger charge is -2.30. The van der Waals surface area contributed by atoms with E-state index in [1.54, 1.807) is 7.11 Å². The van der Waals surface area contributed by atoms with Crippen molar-refractivity contribution >= 4 is 0 Å². The molecule has 18 heavy (non-hydrogen) atoms. The highest BCUT2D eigenvalue weighted by molar-refractivity contribution is 5.36. The number of rotatable bonds is 3. The lowest BCUT2D eigenvalue weighted by atomic mass is 9.84. The van der Waals surface area contributed by atoms with Gasteiger partial charge in [0.1, 0.15) is 0 Å². The van der Waals surface area contributed by atoms with E-state index in [0.29, 0.717) is 0 Å². The zero-order valence-corrected chi connectivity index (χ0v) is 12.1. The standard InChI is InChI=1S/C16H25NO/c1-16(2,3)15-6-5-13-7-8-17(9-10-18-4)12-14(13)11-15/h5-6,11H,7-10,12H2,1-4H3. The molecular formula is C16H25NO. The van der Waals surface area contributed by atoms with Crippen molar-refractivity contribution in [3.05, 3.63) is 34.9 Å². The molecule has 0 atom stereocenters. The van der Waals surface area contributed by atoms with E-state index in [1.807, 2.05) is 0 Å². The van der Waals surface area contributed by atoms with Crippen molar-refractivity contribution in [3.63, 3.8) is 0 Å². The maximum Gasteiger partial charge on any atom is 0.0589 e. The molecule has 1 aromatic rings. The molecule has 1 aliphatic rings. The van der Waals surface area contributed by atoms with Crippen LogP contribution in [0, 0.1) is 0 Å². The Morgan fingerprint density at radius 2 is 2.00 bits per heavy atom. The molecule has 2 heteroatoms. The number of benzene rings is 1. The summed E-state index contributed by atoms with van der Waals surface area (Å²) in [5.41, 5.74) is 4.71. The van der Waals surface area contributed by atoms with Crippen molar-refractivity contribution in [2.45, 2.75) is 39.2 Å². The van der Waals surface area contributed by atoms with Crippen LogP contribution in [0.15, 0.2) is 18.2 Å². The fraction of sp³-hybridized carbons (Fsp3) is 0.625. The summed E-state index contributed by atoms with van der Waals surface area (Å²) < 4.78 is 5.17. The largest absolute Gasteiger partial charge is 0.383 e. The number of fused-ring (bicyclic) bond motifs is 1. The Bertz CT molecular complexity index is 406. The van der Waals surface area contributed by atoms with Crippen LogP contribution in [0.3, 0.4) is 0 Å². The first-order valence-corrected chi connectivity index (χ1v) is 6.84. The second-order valence-electron chi connectivity index (χ2n) is 6.25. The highest BCUT2D eigenvalue weighted by Gasteiger charge is 2.19. The van der Waals surface area contributed by atoms with Crippen LogP contribution in [0.4, 0.5) is 0 Å². The first-order chi connectivity index (χ1) is 8.50. The minimum absolute atomic E-state index is 0.240. The van der Waals surface area contributed by atoms with Gasteiger partial charge in [-0.1, -0.05) is 39.0 Å². The number of hydrogen-bond acceptors (Lipinski definition) is 2. The summed E-state index contributed by atoms with van der Waals surface area (Å²) in [5.74, 6) is 0. The molecule has 1 aromatic carbocycles. The summed E-state index contributed by atoms with van der Waals surface area (Å²) in [4.78, 5) is 2.48. The van der Waals surface area contributed by atoms with Crippen LogP contribution in [0.2, 0.25) is 0 Å². The Kier molecular flexibility index (Phi) is 4.08. The fourth-order valence-corrected chi connectivity index (χ4v) is 2.49. The minimum Gasteiger partial charge on any atom is -0.383 e. The van der Waals surface area contributed by atoms with E-state index in [0.717, 1.165) is 26.2 Å². The number of hydrogen-bond donors (Lipinski definition) is 0. The first-order valence-electron chi connectivity index (χ1n) is 6.84. The lowest BCUT2D eigenvalue weighted by Crippen LogP contribution is -2.33. The molecule has 2 rings (SSSR count). The van der Waals surface area contributed by atoms with Gasteiger partial charge in [-0.15, -0.1) is 0 Å². The van der Waals surface area contributed by atoms with E-state index >= 15 is 0 Å². The summed E-state index contributed by atoms with van der Waals surface area (Å²) in [5, 5.41) is 0. The fourth-order valence-electron chi connectivity index (χ4n) is 2.49. The molecule has 0 N–H and O–H groups in total. The number of ether oxygens (including phenoxy) is 1. The SMILES string of the molecule is COCCN1CCc2ccc(C(C)(C)C)cc2C1. The van der Waals surface area contributed by atoms with Gasteiger partial charge in [-0.2, -0.15) is 0 Å². The van der Waals surface area contributed by atoms with Crippen LogP contribution < -0.4 is 0 Å². The van der Waals surface area contributed by atoms with Crippen molar-refractivity contribution in [2.75, 3.05) is 26.8 Å². The van der Waals surface area contributed by atoms with Gasteiger partial charge >= 0.3 is 0 Å². The van der Waals surface area contributed by atoms with Gasteiger partial charge in [0, 0.05) is 26.7 Å². The maximum absolute atomic E-state index is 5.17. The monoisotopic (exact) mass is 247 g/mol. The zero-order chi connectivity index (χ0) is 13.2. The molecule has 0 aliphatic carbocycles. The molecule has 0 unspecified atom stereocenters. The van der Waals surface area contributed by atoms with E-state index in [4.69, 9.17) is 4.74 Å². The van der Waals surface area contributed by atoms with Gasteiger partial charge in [-0.25, -0.2) is 0 Å². The lowest BCUT2D eigenvalue weighted by molar-refractivity contribution is 0.140. The highest BCUT2D eigenvalue weighted by Crippen LogP contribution is 2.27. The van der Waals surface area contributed by atoms with E-state index in [2.05, 4.69) is 43.9 Å². The zero-order valence-electron chi connectivity index (χ0n) is 12.1. The third-order valence-electron chi connectivity index (χ3n) is 3.78. The predicted octanol–water partition coefficient (Wildman–Crippen LogP) is 2.99. The summed E-state index contributed by atoms with van der Waals surface area (Å²) in [6, 6.07) is 7.02. The van der Waals surface area contributed by atoms with E-state index in [9.17, 15) is 0 Å². The van der Waals surface area contributed by atoms with Gasteiger partial charge in [-0.3, -0.25) is 4.90 Å². The summed E-state index contributed by atoms with van der Waals surface area (Å²) >= 11 is 0. The normalized spacial score (nSPS) is 16.7. The molecule has 2 nitrogen and oxygen atoms in total. The Labute approximate surface area is 111 Å². The Hall–Kier alpha value is -0.860. The third-order valence-corrected chi connectivity index (χ3v) is 3.78. The molecule has 1 heterocycles. The molecule has 0 radical (unpaired) electrons. The van der Waals surface area contributed by atoms with E-state index in [1.165, 1.54) is 23.1 Å². The van der Waals surface area contributed by atoms with Crippen molar-refractivity contribution in [1.29, 1.82) is 0 Å². The molecule has 0 amide bonds.